The first kappa shape index (κ1) is 14.6. The molecule has 100 valence electrons. The van der Waals surface area contributed by atoms with Crippen molar-refractivity contribution in [3.05, 3.63) is 29.3 Å². The Balaban J connectivity index is 2.74. The summed E-state index contributed by atoms with van der Waals surface area (Å²) in [6, 6.07) is 6.03. The van der Waals surface area contributed by atoms with Crippen LogP contribution in [0.4, 0.5) is 5.69 Å². The molecule has 0 aliphatic carbocycles. The molecule has 0 fully saturated rings. The van der Waals surface area contributed by atoms with Crippen molar-refractivity contribution in [1.82, 2.24) is 5.32 Å². The Morgan fingerprint density at radius 1 is 1.33 bits per heavy atom. The molecular weight excluding hydrogens is 224 g/mol. The number of amides is 1. The molecule has 0 saturated carbocycles. The molecule has 2 N–H and O–H groups in total. The molecule has 0 saturated heterocycles. The lowest BCUT2D eigenvalue weighted by atomic mass is 10.1. The van der Waals surface area contributed by atoms with Gasteiger partial charge in [0.1, 0.15) is 0 Å². The van der Waals surface area contributed by atoms with Gasteiger partial charge in [0.05, 0.1) is 0 Å². The first-order valence-electron chi connectivity index (χ1n) is 6.71. The van der Waals surface area contributed by atoms with Crippen LogP contribution in [0.1, 0.15) is 49.0 Å². The Morgan fingerprint density at radius 2 is 2.06 bits per heavy atom. The van der Waals surface area contributed by atoms with E-state index in [0.29, 0.717) is 0 Å². The van der Waals surface area contributed by atoms with Gasteiger partial charge in [-0.2, -0.15) is 0 Å². The third-order valence-corrected chi connectivity index (χ3v) is 3.22. The van der Waals surface area contributed by atoms with E-state index >= 15 is 0 Å². The average Bonchev–Trinajstić information content (AvgIpc) is 2.37. The molecule has 1 aromatic carbocycles. The molecule has 1 aromatic rings. The summed E-state index contributed by atoms with van der Waals surface area (Å²) in [7, 11) is 1.89. The number of aryl methyl sites for hydroxylation is 1. The minimum Gasteiger partial charge on any atom is -0.388 e. The van der Waals surface area contributed by atoms with E-state index in [1.54, 1.807) is 0 Å². The number of nitrogens with one attached hydrogen (secondary N) is 2. The highest BCUT2D eigenvalue weighted by molar-refractivity contribution is 5.95. The maximum atomic E-state index is 12.1. The molecule has 1 rings (SSSR count). The van der Waals surface area contributed by atoms with Crippen LogP contribution in [0.25, 0.3) is 0 Å². The molecule has 1 amide bonds. The normalized spacial score (nSPS) is 12.0. The minimum atomic E-state index is 0.0288. The van der Waals surface area contributed by atoms with Gasteiger partial charge >= 0.3 is 0 Å². The fourth-order valence-electron chi connectivity index (χ4n) is 2.08. The largest absolute Gasteiger partial charge is 0.388 e. The van der Waals surface area contributed by atoms with Crippen molar-refractivity contribution in [2.45, 2.75) is 46.1 Å². The van der Waals surface area contributed by atoms with Crippen LogP contribution >= 0.6 is 0 Å². The SMILES string of the molecule is CCCC(CC)NC(=O)c1ccc(NC)c(C)c1. The lowest BCUT2D eigenvalue weighted by Crippen LogP contribution is -2.34. The first-order chi connectivity index (χ1) is 8.62. The molecule has 3 heteroatoms. The first-order valence-corrected chi connectivity index (χ1v) is 6.71. The predicted octanol–water partition coefficient (Wildman–Crippen LogP) is 3.35. The molecule has 3 nitrogen and oxygen atoms in total. The Bertz CT molecular complexity index is 401. The van der Waals surface area contributed by atoms with Crippen molar-refractivity contribution < 1.29 is 4.79 Å². The van der Waals surface area contributed by atoms with E-state index < -0.39 is 0 Å². The van der Waals surface area contributed by atoms with E-state index in [0.717, 1.165) is 36.1 Å². The van der Waals surface area contributed by atoms with Crippen LogP contribution in [0.2, 0.25) is 0 Å². The minimum absolute atomic E-state index is 0.0288. The summed E-state index contributed by atoms with van der Waals surface area (Å²) in [5.74, 6) is 0.0288. The van der Waals surface area contributed by atoms with E-state index in [4.69, 9.17) is 0 Å². The molecule has 0 heterocycles. The summed E-state index contributed by atoms with van der Waals surface area (Å²) in [5.41, 5.74) is 2.89. The van der Waals surface area contributed by atoms with Gasteiger partial charge in [0.2, 0.25) is 0 Å². The maximum Gasteiger partial charge on any atom is 0.251 e. The zero-order valence-corrected chi connectivity index (χ0v) is 11.8. The van der Waals surface area contributed by atoms with Crippen LogP contribution in [-0.4, -0.2) is 19.0 Å². The van der Waals surface area contributed by atoms with E-state index in [1.165, 1.54) is 0 Å². The van der Waals surface area contributed by atoms with Crippen LogP contribution in [0.5, 0.6) is 0 Å². The Morgan fingerprint density at radius 3 is 2.56 bits per heavy atom. The van der Waals surface area contributed by atoms with Gasteiger partial charge in [-0.15, -0.1) is 0 Å². The van der Waals surface area contributed by atoms with E-state index in [9.17, 15) is 4.79 Å². The van der Waals surface area contributed by atoms with Crippen LogP contribution in [0.3, 0.4) is 0 Å². The molecule has 0 aliphatic heterocycles. The van der Waals surface area contributed by atoms with Crippen molar-refractivity contribution in [3.8, 4) is 0 Å². The van der Waals surface area contributed by atoms with Gasteiger partial charge in [-0.1, -0.05) is 20.3 Å². The molecular formula is C15H24N2O. The van der Waals surface area contributed by atoms with Crippen molar-refractivity contribution in [3.63, 3.8) is 0 Å². The van der Waals surface area contributed by atoms with Crippen molar-refractivity contribution in [2.75, 3.05) is 12.4 Å². The number of carbonyl (C=O) groups excluding carboxylic acids is 1. The summed E-state index contributed by atoms with van der Waals surface area (Å²) in [6.07, 6.45) is 3.11. The highest BCUT2D eigenvalue weighted by Crippen LogP contribution is 2.16. The zero-order chi connectivity index (χ0) is 13.5. The van der Waals surface area contributed by atoms with Crippen LogP contribution in [0, 0.1) is 6.92 Å². The third-order valence-electron chi connectivity index (χ3n) is 3.22. The van der Waals surface area contributed by atoms with Crippen molar-refractivity contribution >= 4 is 11.6 Å². The number of rotatable bonds is 6. The van der Waals surface area contributed by atoms with E-state index in [2.05, 4.69) is 24.5 Å². The number of carbonyl (C=O) groups is 1. The Labute approximate surface area is 110 Å². The lowest BCUT2D eigenvalue weighted by Gasteiger charge is -2.16. The van der Waals surface area contributed by atoms with Crippen LogP contribution < -0.4 is 10.6 Å². The summed E-state index contributed by atoms with van der Waals surface area (Å²) in [5, 5.41) is 6.19. The van der Waals surface area contributed by atoms with Gasteiger partial charge in [-0.25, -0.2) is 0 Å². The van der Waals surface area contributed by atoms with Crippen molar-refractivity contribution in [1.29, 1.82) is 0 Å². The smallest absolute Gasteiger partial charge is 0.251 e. The number of hydrogen-bond donors (Lipinski definition) is 2. The van der Waals surface area contributed by atoms with E-state index in [1.807, 2.05) is 32.2 Å². The Kier molecular flexibility index (Phi) is 5.69. The lowest BCUT2D eigenvalue weighted by molar-refractivity contribution is 0.0933. The van der Waals surface area contributed by atoms with Crippen LogP contribution in [-0.2, 0) is 0 Å². The van der Waals surface area contributed by atoms with Gasteiger partial charge in [0.25, 0.3) is 5.91 Å². The highest BCUT2D eigenvalue weighted by atomic mass is 16.1. The van der Waals surface area contributed by atoms with E-state index in [-0.39, 0.29) is 11.9 Å². The molecule has 0 bridgehead atoms. The second-order valence-corrected chi connectivity index (χ2v) is 4.65. The molecule has 0 aliphatic rings. The highest BCUT2D eigenvalue weighted by Gasteiger charge is 2.12. The average molecular weight is 248 g/mol. The summed E-state index contributed by atoms with van der Waals surface area (Å²) in [4.78, 5) is 12.1. The molecule has 1 atom stereocenters. The maximum absolute atomic E-state index is 12.1. The molecule has 0 radical (unpaired) electrons. The van der Waals surface area contributed by atoms with Gasteiger partial charge < -0.3 is 10.6 Å². The third kappa shape index (κ3) is 3.76. The topological polar surface area (TPSA) is 41.1 Å². The summed E-state index contributed by atoms with van der Waals surface area (Å²) < 4.78 is 0. The molecule has 0 aromatic heterocycles. The molecule has 0 spiro atoms. The standard InChI is InChI=1S/C15H24N2O/c1-5-7-13(6-2)17-15(18)12-8-9-14(16-4)11(3)10-12/h8-10,13,16H,5-7H2,1-4H3,(H,17,18). The second-order valence-electron chi connectivity index (χ2n) is 4.65. The summed E-state index contributed by atoms with van der Waals surface area (Å²) in [6.45, 7) is 6.25. The number of hydrogen-bond acceptors (Lipinski definition) is 2. The van der Waals surface area contributed by atoms with Gasteiger partial charge in [-0.3, -0.25) is 4.79 Å². The Hall–Kier alpha value is -1.51. The van der Waals surface area contributed by atoms with Crippen molar-refractivity contribution in [2.24, 2.45) is 0 Å². The second kappa shape index (κ2) is 7.04. The summed E-state index contributed by atoms with van der Waals surface area (Å²) >= 11 is 0. The quantitative estimate of drug-likeness (QED) is 0.810. The monoisotopic (exact) mass is 248 g/mol. The molecule has 1 unspecified atom stereocenters. The fraction of sp³-hybridized carbons (Fsp3) is 0.533. The predicted molar refractivity (Wildman–Crippen MR) is 77.2 cm³/mol. The van der Waals surface area contributed by atoms with Gasteiger partial charge in [-0.05, 0) is 43.5 Å². The fourth-order valence-corrected chi connectivity index (χ4v) is 2.08. The van der Waals surface area contributed by atoms with Gasteiger partial charge in [0.15, 0.2) is 0 Å². The van der Waals surface area contributed by atoms with Crippen LogP contribution in [0.15, 0.2) is 18.2 Å². The zero-order valence-electron chi connectivity index (χ0n) is 11.8. The molecule has 18 heavy (non-hydrogen) atoms. The van der Waals surface area contributed by atoms with Gasteiger partial charge in [0, 0.05) is 24.3 Å². The number of benzene rings is 1. The number of anilines is 1.